The molecule has 0 aromatic carbocycles. The third-order valence-corrected chi connectivity index (χ3v) is 5.38. The summed E-state index contributed by atoms with van der Waals surface area (Å²) >= 11 is 0. The summed E-state index contributed by atoms with van der Waals surface area (Å²) in [5.41, 5.74) is 0. The Bertz CT molecular complexity index is 339. The van der Waals surface area contributed by atoms with Gasteiger partial charge in [-0.2, -0.15) is 0 Å². The van der Waals surface area contributed by atoms with Crippen LogP contribution < -0.4 is 0 Å². The van der Waals surface area contributed by atoms with Gasteiger partial charge >= 0.3 is 5.97 Å². The van der Waals surface area contributed by atoms with Crippen LogP contribution in [0.25, 0.3) is 0 Å². The van der Waals surface area contributed by atoms with Gasteiger partial charge in [0.2, 0.25) is 0 Å². The molecule has 0 saturated heterocycles. The van der Waals surface area contributed by atoms with Crippen molar-refractivity contribution < 1.29 is 14.7 Å². The summed E-state index contributed by atoms with van der Waals surface area (Å²) in [6.45, 7) is 2.08. The van der Waals surface area contributed by atoms with Gasteiger partial charge < -0.3 is 5.11 Å². The van der Waals surface area contributed by atoms with E-state index >= 15 is 0 Å². The molecule has 160 valence electrons. The number of carboxylic acid groups (broad SMARTS) is 1. The molecule has 0 fully saturated rings. The Morgan fingerprint density at radius 1 is 0.481 bits per heavy atom. The van der Waals surface area contributed by atoms with E-state index in [1.165, 1.54) is 89.9 Å². The maximum Gasteiger partial charge on any atom is 0.303 e. The number of rotatable bonds is 22. The van der Waals surface area contributed by atoms with E-state index in [0.717, 1.165) is 38.5 Å². The van der Waals surface area contributed by atoms with E-state index in [1.807, 2.05) is 0 Å². The number of unbranched alkanes of at least 4 members (excludes halogenated alkanes) is 16. The van der Waals surface area contributed by atoms with Gasteiger partial charge in [0.1, 0.15) is 5.78 Å². The molecule has 0 aliphatic heterocycles. The van der Waals surface area contributed by atoms with Crippen molar-refractivity contribution in [1.82, 2.24) is 0 Å². The van der Waals surface area contributed by atoms with Crippen LogP contribution in [-0.4, -0.2) is 16.9 Å². The zero-order valence-corrected chi connectivity index (χ0v) is 18.1. The van der Waals surface area contributed by atoms with Gasteiger partial charge in [0.15, 0.2) is 0 Å². The van der Waals surface area contributed by atoms with Crippen molar-refractivity contribution in [3.8, 4) is 0 Å². The van der Waals surface area contributed by atoms with E-state index in [0.29, 0.717) is 12.2 Å². The number of hydrogen-bond donors (Lipinski definition) is 1. The largest absolute Gasteiger partial charge is 0.481 e. The Morgan fingerprint density at radius 3 is 1.07 bits per heavy atom. The number of aliphatic carboxylic acids is 1. The molecule has 0 saturated carbocycles. The van der Waals surface area contributed by atoms with Crippen molar-refractivity contribution in [1.29, 1.82) is 0 Å². The van der Waals surface area contributed by atoms with Gasteiger partial charge in [-0.1, -0.05) is 103 Å². The van der Waals surface area contributed by atoms with E-state index in [4.69, 9.17) is 5.11 Å². The summed E-state index contributed by atoms with van der Waals surface area (Å²) in [5.74, 6) is -0.210. The molecule has 0 bridgehead atoms. The molecular formula is C24H46O3. The van der Waals surface area contributed by atoms with Crippen LogP contribution in [0.4, 0.5) is 0 Å². The van der Waals surface area contributed by atoms with Crippen LogP contribution >= 0.6 is 0 Å². The highest BCUT2D eigenvalue weighted by atomic mass is 16.4. The number of hydrogen-bond acceptors (Lipinski definition) is 2. The van der Waals surface area contributed by atoms with Crippen LogP contribution in [-0.2, 0) is 9.59 Å². The first kappa shape index (κ1) is 26.1. The molecule has 0 radical (unpaired) electrons. The van der Waals surface area contributed by atoms with E-state index in [2.05, 4.69) is 6.92 Å². The molecule has 0 heterocycles. The second-order valence-corrected chi connectivity index (χ2v) is 8.19. The minimum atomic E-state index is -0.662. The summed E-state index contributed by atoms with van der Waals surface area (Å²) in [6, 6.07) is 0. The lowest BCUT2D eigenvalue weighted by molar-refractivity contribution is -0.137. The fourth-order valence-electron chi connectivity index (χ4n) is 3.65. The molecule has 0 aromatic heterocycles. The average molecular weight is 383 g/mol. The van der Waals surface area contributed by atoms with E-state index in [9.17, 15) is 9.59 Å². The van der Waals surface area contributed by atoms with Crippen LogP contribution in [0.2, 0.25) is 0 Å². The molecule has 3 heteroatoms. The summed E-state index contributed by atoms with van der Waals surface area (Å²) in [7, 11) is 0. The van der Waals surface area contributed by atoms with Crippen molar-refractivity contribution in [3.05, 3.63) is 0 Å². The van der Waals surface area contributed by atoms with E-state index in [-0.39, 0.29) is 0 Å². The Morgan fingerprint density at radius 2 is 0.778 bits per heavy atom. The van der Waals surface area contributed by atoms with Crippen LogP contribution in [0.15, 0.2) is 0 Å². The molecule has 0 atom stereocenters. The minimum Gasteiger partial charge on any atom is -0.481 e. The Hall–Kier alpha value is -0.860. The zero-order chi connectivity index (χ0) is 20.0. The number of ketones is 1. The quantitative estimate of drug-likeness (QED) is 0.194. The highest BCUT2D eigenvalue weighted by Crippen LogP contribution is 2.14. The van der Waals surface area contributed by atoms with Crippen molar-refractivity contribution >= 4 is 11.8 Å². The molecule has 27 heavy (non-hydrogen) atoms. The first-order chi connectivity index (χ1) is 13.2. The van der Waals surface area contributed by atoms with Gasteiger partial charge in [0, 0.05) is 19.3 Å². The maximum atomic E-state index is 11.4. The van der Waals surface area contributed by atoms with Crippen LogP contribution in [0.5, 0.6) is 0 Å². The lowest BCUT2D eigenvalue weighted by Crippen LogP contribution is -1.96. The van der Waals surface area contributed by atoms with Crippen molar-refractivity contribution in [3.63, 3.8) is 0 Å². The lowest BCUT2D eigenvalue weighted by atomic mass is 10.0. The Kier molecular flexibility index (Phi) is 20.8. The highest BCUT2D eigenvalue weighted by Gasteiger charge is 2.00. The zero-order valence-electron chi connectivity index (χ0n) is 18.1. The molecule has 1 N–H and O–H groups in total. The van der Waals surface area contributed by atoms with Gasteiger partial charge in [-0.05, 0) is 19.3 Å². The summed E-state index contributed by atoms with van der Waals surface area (Å²) in [6.07, 6.45) is 24.6. The topological polar surface area (TPSA) is 54.4 Å². The number of Topliss-reactive ketones (excluding diaryl/α,β-unsaturated/α-hetero) is 1. The lowest BCUT2D eigenvalue weighted by Gasteiger charge is -2.04. The molecule has 0 unspecified atom stereocenters. The predicted molar refractivity (Wildman–Crippen MR) is 115 cm³/mol. The molecule has 0 aromatic rings. The van der Waals surface area contributed by atoms with Gasteiger partial charge in [0.25, 0.3) is 0 Å². The summed E-state index contributed by atoms with van der Waals surface area (Å²) in [4.78, 5) is 21.8. The maximum absolute atomic E-state index is 11.4. The fraction of sp³-hybridized carbons (Fsp3) is 0.917. The standard InChI is InChI=1S/C24H46O3/c1-2-20-23(25)21-18-16-14-12-10-8-6-4-3-5-7-9-11-13-15-17-19-22-24(26)27/h2-22H2,1H3,(H,26,27). The molecule has 0 rings (SSSR count). The van der Waals surface area contributed by atoms with Crippen LogP contribution in [0.1, 0.15) is 142 Å². The second kappa shape index (κ2) is 21.4. The minimum absolute atomic E-state index is 0.333. The smallest absolute Gasteiger partial charge is 0.303 e. The normalized spacial score (nSPS) is 11.0. The van der Waals surface area contributed by atoms with E-state index in [1.54, 1.807) is 0 Å². The first-order valence-electron chi connectivity index (χ1n) is 11.9. The van der Waals surface area contributed by atoms with Gasteiger partial charge in [-0.15, -0.1) is 0 Å². The van der Waals surface area contributed by atoms with Crippen LogP contribution in [0.3, 0.4) is 0 Å². The van der Waals surface area contributed by atoms with Gasteiger partial charge in [0.05, 0.1) is 0 Å². The third-order valence-electron chi connectivity index (χ3n) is 5.38. The van der Waals surface area contributed by atoms with Crippen molar-refractivity contribution in [2.24, 2.45) is 0 Å². The molecule has 0 aliphatic carbocycles. The van der Waals surface area contributed by atoms with Crippen LogP contribution in [0, 0.1) is 0 Å². The van der Waals surface area contributed by atoms with Crippen molar-refractivity contribution in [2.75, 3.05) is 0 Å². The van der Waals surface area contributed by atoms with Crippen molar-refractivity contribution in [2.45, 2.75) is 142 Å². The molecule has 0 aliphatic rings. The molecule has 0 spiro atoms. The summed E-state index contributed by atoms with van der Waals surface area (Å²) < 4.78 is 0. The Labute approximate surface area is 168 Å². The molecule has 0 amide bonds. The molecule has 3 nitrogen and oxygen atoms in total. The van der Waals surface area contributed by atoms with E-state index < -0.39 is 5.97 Å². The second-order valence-electron chi connectivity index (χ2n) is 8.19. The first-order valence-corrected chi connectivity index (χ1v) is 11.9. The SMILES string of the molecule is CCCC(=O)CCCCCCCCCCCCCCCCCCCC(=O)O. The number of carbonyl (C=O) groups excluding carboxylic acids is 1. The molecular weight excluding hydrogens is 336 g/mol. The highest BCUT2D eigenvalue weighted by molar-refractivity contribution is 5.78. The monoisotopic (exact) mass is 382 g/mol. The fourth-order valence-corrected chi connectivity index (χ4v) is 3.65. The van der Waals surface area contributed by atoms with Gasteiger partial charge in [-0.3, -0.25) is 9.59 Å². The Balaban J connectivity index is 3.05. The predicted octanol–water partition coefficient (Wildman–Crippen LogP) is 7.85. The van der Waals surface area contributed by atoms with Gasteiger partial charge in [-0.25, -0.2) is 0 Å². The number of carboxylic acids is 1. The number of carbonyl (C=O) groups is 2. The summed E-state index contributed by atoms with van der Waals surface area (Å²) in [5, 5.41) is 8.57. The third kappa shape index (κ3) is 23.1. The average Bonchev–Trinajstić information content (AvgIpc) is 2.63.